The van der Waals surface area contributed by atoms with Crippen LogP contribution in [0.5, 0.6) is 0 Å². The highest BCUT2D eigenvalue weighted by Crippen LogP contribution is 2.10. The van der Waals surface area contributed by atoms with Gasteiger partial charge in [0.2, 0.25) is 11.8 Å². The summed E-state index contributed by atoms with van der Waals surface area (Å²) in [5.41, 5.74) is 2.75. The van der Waals surface area contributed by atoms with Gasteiger partial charge in [0, 0.05) is 12.2 Å². The monoisotopic (exact) mass is 325 g/mol. The number of carbonyl (C=O) groups is 2. The van der Waals surface area contributed by atoms with Crippen molar-refractivity contribution in [3.05, 3.63) is 65.7 Å². The van der Waals surface area contributed by atoms with Gasteiger partial charge in [-0.05, 0) is 29.8 Å². The van der Waals surface area contributed by atoms with Crippen molar-refractivity contribution in [2.75, 3.05) is 18.4 Å². The van der Waals surface area contributed by atoms with Gasteiger partial charge in [0.05, 0.1) is 13.0 Å². The summed E-state index contributed by atoms with van der Waals surface area (Å²) in [5.74, 6) is -0.408. The van der Waals surface area contributed by atoms with E-state index in [0.717, 1.165) is 29.9 Å². The van der Waals surface area contributed by atoms with Gasteiger partial charge in [-0.3, -0.25) is 9.59 Å². The lowest BCUT2D eigenvalue weighted by atomic mass is 10.1. The van der Waals surface area contributed by atoms with Crippen molar-refractivity contribution in [3.8, 4) is 0 Å². The molecule has 0 saturated heterocycles. The fourth-order valence-corrected chi connectivity index (χ4v) is 2.26. The van der Waals surface area contributed by atoms with E-state index in [1.165, 1.54) is 0 Å². The number of rotatable bonds is 8. The van der Waals surface area contributed by atoms with Crippen LogP contribution in [0.3, 0.4) is 0 Å². The quantitative estimate of drug-likeness (QED) is 0.696. The molecule has 0 aliphatic rings. The van der Waals surface area contributed by atoms with Crippen molar-refractivity contribution in [3.63, 3.8) is 0 Å². The molecule has 5 nitrogen and oxygen atoms in total. The highest BCUT2D eigenvalue weighted by Gasteiger charge is 2.07. The topological polar surface area (TPSA) is 70.2 Å². The van der Waals surface area contributed by atoms with Crippen molar-refractivity contribution in [2.45, 2.75) is 19.9 Å². The van der Waals surface area contributed by atoms with Gasteiger partial charge < -0.3 is 16.0 Å². The van der Waals surface area contributed by atoms with E-state index in [1.54, 1.807) is 0 Å². The molecular formula is C19H23N3O2. The molecule has 3 N–H and O–H groups in total. The van der Waals surface area contributed by atoms with E-state index in [-0.39, 0.29) is 24.8 Å². The fraction of sp³-hybridized carbons (Fsp3) is 0.263. The number of carbonyl (C=O) groups excluding carboxylic acids is 2. The summed E-state index contributed by atoms with van der Waals surface area (Å²) < 4.78 is 0. The van der Waals surface area contributed by atoms with Crippen LogP contribution >= 0.6 is 0 Å². The van der Waals surface area contributed by atoms with E-state index < -0.39 is 0 Å². The lowest BCUT2D eigenvalue weighted by Crippen LogP contribution is -2.33. The predicted octanol–water partition coefficient (Wildman–Crippen LogP) is 2.09. The first kappa shape index (κ1) is 17.7. The standard InChI is InChI=1S/C19H23N3O2/c1-2-20-13-16-9-6-10-17(11-16)22-19(24)14-21-18(23)12-15-7-4-3-5-8-15/h3-11,20H,2,12-14H2,1H3,(H,21,23)(H,22,24). The summed E-state index contributed by atoms with van der Waals surface area (Å²) in [5, 5.41) is 8.67. The maximum absolute atomic E-state index is 12.0. The number of nitrogens with one attached hydrogen (secondary N) is 3. The van der Waals surface area contributed by atoms with Gasteiger partial charge in [0.1, 0.15) is 0 Å². The van der Waals surface area contributed by atoms with Crippen molar-refractivity contribution < 1.29 is 9.59 Å². The first-order valence-corrected chi connectivity index (χ1v) is 8.07. The molecule has 2 rings (SSSR count). The molecule has 2 aromatic rings. The third-order valence-electron chi connectivity index (χ3n) is 3.44. The molecule has 0 aliphatic carbocycles. The Hall–Kier alpha value is -2.66. The molecule has 0 heterocycles. The van der Waals surface area contributed by atoms with Gasteiger partial charge >= 0.3 is 0 Å². The average molecular weight is 325 g/mol. The van der Waals surface area contributed by atoms with E-state index in [4.69, 9.17) is 0 Å². The Labute approximate surface area is 142 Å². The molecule has 0 aromatic heterocycles. The van der Waals surface area contributed by atoms with Gasteiger partial charge in [-0.1, -0.05) is 49.4 Å². The maximum Gasteiger partial charge on any atom is 0.243 e. The second-order valence-corrected chi connectivity index (χ2v) is 5.47. The Morgan fingerprint density at radius 3 is 2.42 bits per heavy atom. The highest BCUT2D eigenvalue weighted by molar-refractivity contribution is 5.94. The Morgan fingerprint density at radius 1 is 0.917 bits per heavy atom. The molecule has 0 bridgehead atoms. The van der Waals surface area contributed by atoms with Crippen LogP contribution < -0.4 is 16.0 Å². The molecule has 126 valence electrons. The maximum atomic E-state index is 12.0. The van der Waals surface area contributed by atoms with Crippen LogP contribution in [0.2, 0.25) is 0 Å². The summed E-state index contributed by atoms with van der Waals surface area (Å²) in [4.78, 5) is 23.8. The summed E-state index contributed by atoms with van der Waals surface area (Å²) in [7, 11) is 0. The Kier molecular flexibility index (Phi) is 6.98. The van der Waals surface area contributed by atoms with Gasteiger partial charge in [0.25, 0.3) is 0 Å². The molecule has 0 fully saturated rings. The van der Waals surface area contributed by atoms with Gasteiger partial charge in [-0.25, -0.2) is 0 Å². The van der Waals surface area contributed by atoms with Crippen LogP contribution in [-0.4, -0.2) is 24.9 Å². The molecule has 24 heavy (non-hydrogen) atoms. The SMILES string of the molecule is CCNCc1cccc(NC(=O)CNC(=O)Cc2ccccc2)c1. The first-order chi connectivity index (χ1) is 11.7. The third kappa shape index (κ3) is 6.22. The molecule has 0 aliphatic heterocycles. The minimum atomic E-state index is -0.239. The van der Waals surface area contributed by atoms with Gasteiger partial charge in [-0.15, -0.1) is 0 Å². The van der Waals surface area contributed by atoms with Crippen LogP contribution in [0, 0.1) is 0 Å². The molecule has 2 amide bonds. The average Bonchev–Trinajstić information content (AvgIpc) is 2.59. The van der Waals surface area contributed by atoms with E-state index in [9.17, 15) is 9.59 Å². The number of benzene rings is 2. The lowest BCUT2D eigenvalue weighted by molar-refractivity contribution is -0.123. The number of hydrogen-bond acceptors (Lipinski definition) is 3. The predicted molar refractivity (Wildman–Crippen MR) is 95.6 cm³/mol. The molecule has 0 atom stereocenters. The zero-order valence-corrected chi connectivity index (χ0v) is 13.8. The van der Waals surface area contributed by atoms with Gasteiger partial charge in [-0.2, -0.15) is 0 Å². The summed E-state index contributed by atoms with van der Waals surface area (Å²) in [6, 6.07) is 17.1. The molecule has 0 unspecified atom stereocenters. The van der Waals surface area contributed by atoms with Crippen molar-refractivity contribution in [2.24, 2.45) is 0 Å². The zero-order chi connectivity index (χ0) is 17.2. The van der Waals surface area contributed by atoms with Crippen LogP contribution in [0.4, 0.5) is 5.69 Å². The number of hydrogen-bond donors (Lipinski definition) is 3. The van der Waals surface area contributed by atoms with Crippen LogP contribution in [0.25, 0.3) is 0 Å². The Morgan fingerprint density at radius 2 is 1.67 bits per heavy atom. The molecule has 0 radical (unpaired) electrons. The normalized spacial score (nSPS) is 10.2. The fourth-order valence-electron chi connectivity index (χ4n) is 2.26. The van der Waals surface area contributed by atoms with Crippen molar-refractivity contribution in [1.82, 2.24) is 10.6 Å². The first-order valence-electron chi connectivity index (χ1n) is 8.07. The minimum Gasteiger partial charge on any atom is -0.347 e. The molecule has 5 heteroatoms. The summed E-state index contributed by atoms with van der Waals surface area (Å²) in [6.07, 6.45) is 0.270. The summed E-state index contributed by atoms with van der Waals surface area (Å²) in [6.45, 7) is 3.66. The molecular weight excluding hydrogens is 302 g/mol. The van der Waals surface area contributed by atoms with E-state index in [2.05, 4.69) is 16.0 Å². The highest BCUT2D eigenvalue weighted by atomic mass is 16.2. The second kappa shape index (κ2) is 9.47. The third-order valence-corrected chi connectivity index (χ3v) is 3.44. The van der Waals surface area contributed by atoms with E-state index in [1.807, 2.05) is 61.5 Å². The Bertz CT molecular complexity index is 671. The molecule has 0 spiro atoms. The van der Waals surface area contributed by atoms with Gasteiger partial charge in [0.15, 0.2) is 0 Å². The van der Waals surface area contributed by atoms with Crippen molar-refractivity contribution in [1.29, 1.82) is 0 Å². The summed E-state index contributed by atoms with van der Waals surface area (Å²) >= 11 is 0. The number of amides is 2. The van der Waals surface area contributed by atoms with E-state index >= 15 is 0 Å². The van der Waals surface area contributed by atoms with Crippen molar-refractivity contribution >= 4 is 17.5 Å². The zero-order valence-electron chi connectivity index (χ0n) is 13.8. The van der Waals surface area contributed by atoms with Crippen LogP contribution in [0.15, 0.2) is 54.6 Å². The molecule has 2 aromatic carbocycles. The van der Waals surface area contributed by atoms with E-state index in [0.29, 0.717) is 0 Å². The lowest BCUT2D eigenvalue weighted by Gasteiger charge is -2.09. The smallest absolute Gasteiger partial charge is 0.243 e. The second-order valence-electron chi connectivity index (χ2n) is 5.47. The van der Waals surface area contributed by atoms with Crippen LogP contribution in [0.1, 0.15) is 18.1 Å². The minimum absolute atomic E-state index is 0.0386. The Balaban J connectivity index is 1.77. The van der Waals surface area contributed by atoms with Crippen LogP contribution in [-0.2, 0) is 22.6 Å². The number of anilines is 1. The largest absolute Gasteiger partial charge is 0.347 e. The molecule has 0 saturated carbocycles.